The van der Waals surface area contributed by atoms with Gasteiger partial charge in [0.1, 0.15) is 5.82 Å². The molecule has 0 aliphatic carbocycles. The minimum atomic E-state index is -0.500. The number of piperidine rings is 1. The van der Waals surface area contributed by atoms with Gasteiger partial charge in [-0.05, 0) is 37.8 Å². The maximum atomic E-state index is 13.8. The van der Waals surface area contributed by atoms with Crippen molar-refractivity contribution >= 4 is 11.8 Å². The predicted molar refractivity (Wildman–Crippen MR) is 80.8 cm³/mol. The number of hydrogen-bond acceptors (Lipinski definition) is 2. The molecule has 2 amide bonds. The average molecular weight is 304 g/mol. The van der Waals surface area contributed by atoms with E-state index in [1.54, 1.807) is 17.0 Å². The van der Waals surface area contributed by atoms with Crippen molar-refractivity contribution in [1.29, 1.82) is 0 Å². The van der Waals surface area contributed by atoms with Gasteiger partial charge < -0.3 is 9.80 Å². The Morgan fingerprint density at radius 1 is 1.00 bits per heavy atom. The molecule has 2 aliphatic heterocycles. The Kier molecular flexibility index (Phi) is 4.41. The van der Waals surface area contributed by atoms with Crippen LogP contribution in [0.4, 0.5) is 4.39 Å². The number of rotatable bonds is 2. The number of hydrogen-bond donors (Lipinski definition) is 0. The van der Waals surface area contributed by atoms with Gasteiger partial charge in [0.05, 0.1) is 11.5 Å². The molecule has 4 nitrogen and oxygen atoms in total. The number of halogens is 1. The number of amides is 2. The van der Waals surface area contributed by atoms with Crippen LogP contribution in [0.25, 0.3) is 0 Å². The maximum Gasteiger partial charge on any atom is 0.256 e. The molecule has 3 rings (SSSR count). The van der Waals surface area contributed by atoms with Gasteiger partial charge >= 0.3 is 0 Å². The number of carbonyl (C=O) groups excluding carboxylic acids is 2. The van der Waals surface area contributed by atoms with E-state index < -0.39 is 5.82 Å². The first kappa shape index (κ1) is 15.0. The zero-order chi connectivity index (χ0) is 15.5. The van der Waals surface area contributed by atoms with Crippen molar-refractivity contribution in [3.05, 3.63) is 35.6 Å². The van der Waals surface area contributed by atoms with Crippen LogP contribution >= 0.6 is 0 Å². The highest BCUT2D eigenvalue weighted by Gasteiger charge is 2.32. The van der Waals surface area contributed by atoms with Gasteiger partial charge in [-0.25, -0.2) is 4.39 Å². The first-order chi connectivity index (χ1) is 10.7. The van der Waals surface area contributed by atoms with Gasteiger partial charge in [-0.3, -0.25) is 9.59 Å². The van der Waals surface area contributed by atoms with E-state index in [4.69, 9.17) is 0 Å². The molecule has 1 aromatic rings. The average Bonchev–Trinajstić information content (AvgIpc) is 3.08. The minimum absolute atomic E-state index is 0.0942. The molecular weight excluding hydrogens is 283 g/mol. The largest absolute Gasteiger partial charge is 0.342 e. The molecule has 0 radical (unpaired) electrons. The van der Waals surface area contributed by atoms with Crippen molar-refractivity contribution in [3.63, 3.8) is 0 Å². The molecule has 22 heavy (non-hydrogen) atoms. The predicted octanol–water partition coefficient (Wildman–Crippen LogP) is 2.30. The molecule has 0 spiro atoms. The standard InChI is InChI=1S/C17H21FN2O2/c18-15-8-2-1-7-14(15)17(22)20-11-5-6-13(12-20)16(21)19-9-3-4-10-19/h1-2,7-8,13H,3-6,9-12H2. The lowest BCUT2D eigenvalue weighted by molar-refractivity contribution is -0.135. The van der Waals surface area contributed by atoms with Gasteiger partial charge in [0.2, 0.25) is 5.91 Å². The number of carbonyl (C=O) groups is 2. The highest BCUT2D eigenvalue weighted by molar-refractivity contribution is 5.95. The van der Waals surface area contributed by atoms with E-state index in [9.17, 15) is 14.0 Å². The Morgan fingerprint density at radius 3 is 2.41 bits per heavy atom. The second-order valence-electron chi connectivity index (χ2n) is 6.10. The highest BCUT2D eigenvalue weighted by Crippen LogP contribution is 2.23. The smallest absolute Gasteiger partial charge is 0.256 e. The Bertz CT molecular complexity index is 570. The van der Waals surface area contributed by atoms with Gasteiger partial charge in [-0.1, -0.05) is 12.1 Å². The van der Waals surface area contributed by atoms with E-state index >= 15 is 0 Å². The summed E-state index contributed by atoms with van der Waals surface area (Å²) < 4.78 is 13.8. The summed E-state index contributed by atoms with van der Waals surface area (Å²) >= 11 is 0. The van der Waals surface area contributed by atoms with Crippen LogP contribution in [0.5, 0.6) is 0 Å². The zero-order valence-corrected chi connectivity index (χ0v) is 12.6. The molecule has 0 N–H and O–H groups in total. The first-order valence-electron chi connectivity index (χ1n) is 7.99. The van der Waals surface area contributed by atoms with E-state index in [1.165, 1.54) is 12.1 Å². The molecule has 2 heterocycles. The molecular formula is C17H21FN2O2. The highest BCUT2D eigenvalue weighted by atomic mass is 19.1. The second kappa shape index (κ2) is 6.46. The van der Waals surface area contributed by atoms with Crippen LogP contribution in [-0.2, 0) is 4.79 Å². The molecule has 0 bridgehead atoms. The molecule has 0 aromatic heterocycles. The summed E-state index contributed by atoms with van der Waals surface area (Å²) in [5.74, 6) is -0.788. The van der Waals surface area contributed by atoms with Gasteiger partial charge in [-0.15, -0.1) is 0 Å². The van der Waals surface area contributed by atoms with Gasteiger partial charge in [-0.2, -0.15) is 0 Å². The molecule has 118 valence electrons. The van der Waals surface area contributed by atoms with E-state index in [1.807, 2.05) is 4.90 Å². The van der Waals surface area contributed by atoms with E-state index in [-0.39, 0.29) is 23.3 Å². The first-order valence-corrected chi connectivity index (χ1v) is 7.99. The third-order valence-electron chi connectivity index (χ3n) is 4.58. The van der Waals surface area contributed by atoms with Gasteiger partial charge in [0, 0.05) is 26.2 Å². The summed E-state index contributed by atoms with van der Waals surface area (Å²) in [5.41, 5.74) is 0.0942. The van der Waals surface area contributed by atoms with Crippen molar-refractivity contribution in [2.45, 2.75) is 25.7 Å². The van der Waals surface area contributed by atoms with Crippen LogP contribution < -0.4 is 0 Å². The lowest BCUT2D eigenvalue weighted by Gasteiger charge is -2.34. The Morgan fingerprint density at radius 2 is 1.68 bits per heavy atom. The molecule has 2 saturated heterocycles. The molecule has 2 fully saturated rings. The fraction of sp³-hybridized carbons (Fsp3) is 0.529. The van der Waals surface area contributed by atoms with E-state index in [0.717, 1.165) is 38.8 Å². The summed E-state index contributed by atoms with van der Waals surface area (Å²) in [5, 5.41) is 0. The van der Waals surface area contributed by atoms with Crippen LogP contribution in [0.3, 0.4) is 0 Å². The van der Waals surface area contributed by atoms with Crippen molar-refractivity contribution in [2.75, 3.05) is 26.2 Å². The summed E-state index contributed by atoms with van der Waals surface area (Å²) in [6.45, 7) is 2.66. The second-order valence-corrected chi connectivity index (χ2v) is 6.10. The van der Waals surface area contributed by atoms with Gasteiger partial charge in [0.15, 0.2) is 0 Å². The normalized spacial score (nSPS) is 22.0. The van der Waals surface area contributed by atoms with Crippen molar-refractivity contribution in [2.24, 2.45) is 5.92 Å². The molecule has 0 saturated carbocycles. The topological polar surface area (TPSA) is 40.6 Å². The van der Waals surface area contributed by atoms with Crippen LogP contribution in [-0.4, -0.2) is 47.8 Å². The van der Waals surface area contributed by atoms with Crippen LogP contribution in [0.15, 0.2) is 24.3 Å². The summed E-state index contributed by atoms with van der Waals surface area (Å²) in [6.07, 6.45) is 3.74. The van der Waals surface area contributed by atoms with Crippen LogP contribution in [0.1, 0.15) is 36.0 Å². The number of likely N-dealkylation sites (tertiary alicyclic amines) is 2. The third-order valence-corrected chi connectivity index (χ3v) is 4.58. The zero-order valence-electron chi connectivity index (χ0n) is 12.6. The molecule has 5 heteroatoms. The number of nitrogens with zero attached hydrogens (tertiary/aromatic N) is 2. The van der Waals surface area contributed by atoms with E-state index in [2.05, 4.69) is 0 Å². The van der Waals surface area contributed by atoms with Crippen molar-refractivity contribution in [1.82, 2.24) is 9.80 Å². The Labute approximate surface area is 129 Å². The Balaban J connectivity index is 1.69. The van der Waals surface area contributed by atoms with Crippen molar-refractivity contribution < 1.29 is 14.0 Å². The quantitative estimate of drug-likeness (QED) is 0.841. The summed E-state index contributed by atoms with van der Waals surface area (Å²) in [7, 11) is 0. The Hall–Kier alpha value is -1.91. The molecule has 2 aliphatic rings. The molecule has 1 aromatic carbocycles. The lowest BCUT2D eigenvalue weighted by Crippen LogP contribution is -2.46. The maximum absolute atomic E-state index is 13.8. The molecule has 1 atom stereocenters. The van der Waals surface area contributed by atoms with Crippen molar-refractivity contribution in [3.8, 4) is 0 Å². The monoisotopic (exact) mass is 304 g/mol. The minimum Gasteiger partial charge on any atom is -0.342 e. The van der Waals surface area contributed by atoms with Crippen LogP contribution in [0.2, 0.25) is 0 Å². The van der Waals surface area contributed by atoms with Gasteiger partial charge in [0.25, 0.3) is 5.91 Å². The summed E-state index contributed by atoms with van der Waals surface area (Å²) in [6, 6.07) is 6.03. The van der Waals surface area contributed by atoms with Crippen LogP contribution in [0, 0.1) is 11.7 Å². The number of benzene rings is 1. The third kappa shape index (κ3) is 2.98. The fourth-order valence-corrected chi connectivity index (χ4v) is 3.36. The molecule has 1 unspecified atom stereocenters. The fourth-order valence-electron chi connectivity index (χ4n) is 3.36. The lowest BCUT2D eigenvalue weighted by atomic mass is 9.96. The van der Waals surface area contributed by atoms with E-state index in [0.29, 0.717) is 13.1 Å². The summed E-state index contributed by atoms with van der Waals surface area (Å²) in [4.78, 5) is 28.5. The SMILES string of the molecule is O=C(c1ccccc1F)N1CCCC(C(=O)N2CCCC2)C1.